The molecule has 0 saturated carbocycles. The van der Waals surface area contributed by atoms with Gasteiger partial charge in [-0.15, -0.1) is 0 Å². The number of allylic oxidation sites excluding steroid dienone is 1. The monoisotopic (exact) mass is 760 g/mol. The van der Waals surface area contributed by atoms with Gasteiger partial charge in [0, 0.05) is 0 Å². The SMILES string of the molecule is CCOC(=O)COc1c(Br)cc(/C=c2\sc3n(c2=O)[C@@H](c2ccc(OCC(=O)OC)c(OCC)c2)C(C(=O)OCC)=C(C)N=3)cc1OCC. The summed E-state index contributed by atoms with van der Waals surface area (Å²) in [5.74, 6) is -0.444. The summed E-state index contributed by atoms with van der Waals surface area (Å²) in [6, 6.07) is 7.47. The number of esters is 3. The summed E-state index contributed by atoms with van der Waals surface area (Å²) in [6.07, 6.45) is 1.68. The number of rotatable bonds is 15. The quantitative estimate of drug-likeness (QED) is 0.164. The van der Waals surface area contributed by atoms with Crippen LogP contribution in [0.3, 0.4) is 0 Å². The summed E-state index contributed by atoms with van der Waals surface area (Å²) < 4.78 is 40.3. The van der Waals surface area contributed by atoms with Crippen molar-refractivity contribution in [2.75, 3.05) is 46.8 Å². The maximum Gasteiger partial charge on any atom is 0.344 e. The summed E-state index contributed by atoms with van der Waals surface area (Å²) in [4.78, 5) is 56.2. The van der Waals surface area contributed by atoms with Crippen LogP contribution in [-0.2, 0) is 28.6 Å². The third kappa shape index (κ3) is 8.70. The molecule has 0 fully saturated rings. The second-order valence-electron chi connectivity index (χ2n) is 10.2. The number of halogens is 1. The third-order valence-electron chi connectivity index (χ3n) is 6.94. The second-order valence-corrected chi connectivity index (χ2v) is 12.0. The molecule has 15 heteroatoms. The maximum absolute atomic E-state index is 14.2. The zero-order chi connectivity index (χ0) is 35.7. The summed E-state index contributed by atoms with van der Waals surface area (Å²) in [6.45, 7) is 9.00. The van der Waals surface area contributed by atoms with E-state index in [0.29, 0.717) is 54.5 Å². The molecular weight excluding hydrogens is 724 g/mol. The molecule has 4 rings (SSSR count). The van der Waals surface area contributed by atoms with Gasteiger partial charge >= 0.3 is 17.9 Å². The molecule has 0 unspecified atom stereocenters. The van der Waals surface area contributed by atoms with E-state index in [1.165, 1.54) is 11.7 Å². The Kier molecular flexibility index (Phi) is 13.0. The lowest BCUT2D eigenvalue weighted by Gasteiger charge is -2.25. The first-order chi connectivity index (χ1) is 23.6. The first kappa shape index (κ1) is 37.2. The Hall–Kier alpha value is -4.63. The number of benzene rings is 2. The Labute approximate surface area is 294 Å². The van der Waals surface area contributed by atoms with Gasteiger partial charge in [-0.2, -0.15) is 0 Å². The van der Waals surface area contributed by atoms with Crippen molar-refractivity contribution in [3.8, 4) is 23.0 Å². The molecule has 49 heavy (non-hydrogen) atoms. The zero-order valence-electron chi connectivity index (χ0n) is 28.0. The molecule has 1 atom stereocenters. The molecule has 1 aliphatic rings. The molecular formula is C34H37BrN2O11S. The van der Waals surface area contributed by atoms with E-state index in [-0.39, 0.29) is 44.4 Å². The zero-order valence-corrected chi connectivity index (χ0v) is 30.4. The van der Waals surface area contributed by atoms with E-state index in [2.05, 4.69) is 25.7 Å². The summed E-state index contributed by atoms with van der Waals surface area (Å²) in [5, 5.41) is 0. The van der Waals surface area contributed by atoms with E-state index < -0.39 is 29.5 Å². The smallest absolute Gasteiger partial charge is 0.344 e. The molecule has 0 amide bonds. The third-order valence-corrected chi connectivity index (χ3v) is 8.51. The van der Waals surface area contributed by atoms with Crippen LogP contribution in [0.1, 0.15) is 51.8 Å². The molecule has 3 aromatic rings. The van der Waals surface area contributed by atoms with Crippen molar-refractivity contribution in [3.63, 3.8) is 0 Å². The number of methoxy groups -OCH3 is 1. The van der Waals surface area contributed by atoms with Gasteiger partial charge in [0.05, 0.1) is 59.9 Å². The molecule has 1 aliphatic heterocycles. The minimum Gasteiger partial charge on any atom is -0.490 e. The van der Waals surface area contributed by atoms with Crippen molar-refractivity contribution in [2.24, 2.45) is 4.99 Å². The normalized spacial score (nSPS) is 14.0. The minimum absolute atomic E-state index is 0.119. The Bertz CT molecular complexity index is 1930. The minimum atomic E-state index is -0.921. The van der Waals surface area contributed by atoms with E-state index in [4.69, 9.17) is 28.4 Å². The lowest BCUT2D eigenvalue weighted by Crippen LogP contribution is -2.40. The number of ether oxygens (including phenoxy) is 7. The molecule has 0 radical (unpaired) electrons. The van der Waals surface area contributed by atoms with Crippen LogP contribution in [0.25, 0.3) is 6.08 Å². The number of carbonyl (C=O) groups is 3. The van der Waals surface area contributed by atoms with Crippen LogP contribution in [-0.4, -0.2) is 69.2 Å². The van der Waals surface area contributed by atoms with E-state index in [0.717, 1.165) is 11.3 Å². The van der Waals surface area contributed by atoms with Crippen LogP contribution >= 0.6 is 27.3 Å². The standard InChI is InChI=1S/C34H37BrN2O11S/c1-7-43-24-16-21(11-12-23(24)47-17-27(38)42-6)30-29(33(41)46-10-4)19(5)36-34-37(30)32(40)26(49-34)15-20-13-22(35)31(25(14-20)44-8-2)48-18-28(39)45-9-3/h11-16,30H,7-10,17-18H2,1-6H3/b26-15-/t30-/m0/s1. The molecule has 0 bridgehead atoms. The molecule has 2 heterocycles. The summed E-state index contributed by atoms with van der Waals surface area (Å²) >= 11 is 4.65. The van der Waals surface area contributed by atoms with Gasteiger partial charge in [-0.25, -0.2) is 19.4 Å². The van der Waals surface area contributed by atoms with Crippen molar-refractivity contribution < 1.29 is 47.5 Å². The number of fused-ring (bicyclic) bond motifs is 1. The van der Waals surface area contributed by atoms with Gasteiger partial charge in [-0.1, -0.05) is 17.4 Å². The van der Waals surface area contributed by atoms with E-state index in [1.54, 1.807) is 64.1 Å². The molecule has 0 spiro atoms. The molecule has 0 aliphatic carbocycles. The highest BCUT2D eigenvalue weighted by atomic mass is 79.9. The Morgan fingerprint density at radius 3 is 2.24 bits per heavy atom. The number of thiazole rings is 1. The van der Waals surface area contributed by atoms with Gasteiger partial charge in [0.15, 0.2) is 41.0 Å². The van der Waals surface area contributed by atoms with Crippen molar-refractivity contribution in [2.45, 2.75) is 40.7 Å². The molecule has 262 valence electrons. The Morgan fingerprint density at radius 1 is 0.878 bits per heavy atom. The fraction of sp³-hybridized carbons (Fsp3) is 0.382. The van der Waals surface area contributed by atoms with E-state index in [1.807, 2.05) is 6.92 Å². The molecule has 2 aromatic carbocycles. The summed E-state index contributed by atoms with van der Waals surface area (Å²) in [7, 11) is 1.26. The highest BCUT2D eigenvalue weighted by molar-refractivity contribution is 9.10. The maximum atomic E-state index is 14.2. The predicted molar refractivity (Wildman–Crippen MR) is 183 cm³/mol. The largest absolute Gasteiger partial charge is 0.490 e. The number of hydrogen-bond donors (Lipinski definition) is 0. The predicted octanol–water partition coefficient (Wildman–Crippen LogP) is 3.85. The number of aromatic nitrogens is 1. The first-order valence-corrected chi connectivity index (χ1v) is 17.1. The van der Waals surface area contributed by atoms with Crippen molar-refractivity contribution in [1.82, 2.24) is 4.57 Å². The fourth-order valence-electron chi connectivity index (χ4n) is 4.94. The number of carbonyl (C=O) groups excluding carboxylic acids is 3. The molecule has 0 saturated heterocycles. The molecule has 1 aromatic heterocycles. The lowest BCUT2D eigenvalue weighted by atomic mass is 9.95. The molecule has 13 nitrogen and oxygen atoms in total. The van der Waals surface area contributed by atoms with Crippen LogP contribution in [0.4, 0.5) is 0 Å². The van der Waals surface area contributed by atoms with E-state index in [9.17, 15) is 19.2 Å². The number of nitrogens with zero attached hydrogens (tertiary/aromatic N) is 2. The fourth-order valence-corrected chi connectivity index (χ4v) is 6.56. The number of hydrogen-bond acceptors (Lipinski definition) is 13. The van der Waals surface area contributed by atoms with Gasteiger partial charge < -0.3 is 33.2 Å². The van der Waals surface area contributed by atoms with Crippen molar-refractivity contribution in [1.29, 1.82) is 0 Å². The lowest BCUT2D eigenvalue weighted by molar-refractivity contribution is -0.145. The Balaban J connectivity index is 1.85. The highest BCUT2D eigenvalue weighted by Crippen LogP contribution is 2.38. The second kappa shape index (κ2) is 17.2. The van der Waals surface area contributed by atoms with Crippen LogP contribution in [0.15, 0.2) is 55.9 Å². The molecule has 0 N–H and O–H groups in total. The van der Waals surface area contributed by atoms with Gasteiger partial charge in [0.2, 0.25) is 0 Å². The van der Waals surface area contributed by atoms with Crippen LogP contribution in [0.2, 0.25) is 0 Å². The van der Waals surface area contributed by atoms with Crippen molar-refractivity contribution in [3.05, 3.63) is 76.9 Å². The van der Waals surface area contributed by atoms with Gasteiger partial charge in [0.1, 0.15) is 0 Å². The van der Waals surface area contributed by atoms with Gasteiger partial charge in [0.25, 0.3) is 5.56 Å². The van der Waals surface area contributed by atoms with Gasteiger partial charge in [-0.05, 0) is 92.0 Å². The van der Waals surface area contributed by atoms with Crippen LogP contribution in [0, 0.1) is 0 Å². The van der Waals surface area contributed by atoms with E-state index >= 15 is 0 Å². The average molecular weight is 762 g/mol. The van der Waals surface area contributed by atoms with Crippen LogP contribution in [0.5, 0.6) is 23.0 Å². The average Bonchev–Trinajstić information content (AvgIpc) is 3.36. The topological polar surface area (TPSA) is 150 Å². The van der Waals surface area contributed by atoms with Crippen molar-refractivity contribution >= 4 is 51.3 Å². The van der Waals surface area contributed by atoms with Crippen LogP contribution < -0.4 is 33.8 Å². The van der Waals surface area contributed by atoms with Gasteiger partial charge in [-0.3, -0.25) is 9.36 Å². The highest BCUT2D eigenvalue weighted by Gasteiger charge is 2.34. The Morgan fingerprint density at radius 2 is 1.57 bits per heavy atom. The summed E-state index contributed by atoms with van der Waals surface area (Å²) in [5.41, 5.74) is 1.32. The first-order valence-electron chi connectivity index (χ1n) is 15.5.